The Hall–Kier alpha value is -3.57. The maximum Gasteiger partial charge on any atom is 0.265 e. The zero-order valence-corrected chi connectivity index (χ0v) is 20.5. The van der Waals surface area contributed by atoms with Crippen LogP contribution in [0.5, 0.6) is 5.75 Å². The first-order valence-corrected chi connectivity index (χ1v) is 11.4. The topological polar surface area (TPSA) is 68.5 Å². The Morgan fingerprint density at radius 2 is 1.59 bits per heavy atom. The third-order valence-corrected chi connectivity index (χ3v) is 5.95. The average molecular weight is 476 g/mol. The number of aryl methyl sites for hydroxylation is 4. The molecular formula is C28H26ClNO4. The molecule has 3 aromatic carbocycles. The van der Waals surface area contributed by atoms with Crippen molar-refractivity contribution in [1.82, 2.24) is 0 Å². The van der Waals surface area contributed by atoms with E-state index in [4.69, 9.17) is 20.8 Å². The second-order valence-corrected chi connectivity index (χ2v) is 9.06. The summed E-state index contributed by atoms with van der Waals surface area (Å²) >= 11 is 6.12. The lowest BCUT2D eigenvalue weighted by atomic mass is 10.0. The van der Waals surface area contributed by atoms with Crippen LogP contribution >= 0.6 is 11.6 Å². The highest BCUT2D eigenvalue weighted by Crippen LogP contribution is 2.33. The fourth-order valence-corrected chi connectivity index (χ4v) is 4.16. The minimum absolute atomic E-state index is 0.0291. The summed E-state index contributed by atoms with van der Waals surface area (Å²) in [6.07, 6.45) is -0.955. The maximum absolute atomic E-state index is 13.4. The number of halogens is 1. The number of carbonyl (C=O) groups excluding carboxylic acids is 1. The molecule has 1 amide bonds. The van der Waals surface area contributed by atoms with E-state index in [-0.39, 0.29) is 28.2 Å². The van der Waals surface area contributed by atoms with Crippen LogP contribution in [-0.4, -0.2) is 12.0 Å². The minimum atomic E-state index is -0.955. The highest BCUT2D eigenvalue weighted by atomic mass is 35.5. The second kappa shape index (κ2) is 9.35. The summed E-state index contributed by atoms with van der Waals surface area (Å²) in [4.78, 5) is 26.5. The molecule has 0 aliphatic carbocycles. The van der Waals surface area contributed by atoms with Gasteiger partial charge in [0.05, 0.1) is 5.39 Å². The van der Waals surface area contributed by atoms with E-state index in [1.165, 1.54) is 6.07 Å². The molecule has 0 aliphatic heterocycles. The summed E-state index contributed by atoms with van der Waals surface area (Å²) in [5, 5.41) is 3.64. The van der Waals surface area contributed by atoms with E-state index < -0.39 is 6.10 Å². The van der Waals surface area contributed by atoms with Crippen molar-refractivity contribution in [3.05, 3.63) is 92.1 Å². The number of hydrogen-bond acceptors (Lipinski definition) is 4. The number of amides is 1. The molecule has 174 valence electrons. The number of rotatable bonds is 5. The van der Waals surface area contributed by atoms with Gasteiger partial charge in [0.1, 0.15) is 5.58 Å². The molecule has 34 heavy (non-hydrogen) atoms. The summed E-state index contributed by atoms with van der Waals surface area (Å²) in [5.41, 5.74) is 5.51. The average Bonchev–Trinajstić information content (AvgIpc) is 2.78. The second-order valence-electron chi connectivity index (χ2n) is 8.62. The van der Waals surface area contributed by atoms with Crippen LogP contribution in [0.15, 0.2) is 63.8 Å². The first-order valence-electron chi connectivity index (χ1n) is 11.0. The lowest BCUT2D eigenvalue weighted by molar-refractivity contribution is -0.122. The Labute approximate surface area is 203 Å². The van der Waals surface area contributed by atoms with Gasteiger partial charge in [0.15, 0.2) is 11.9 Å². The normalized spacial score (nSPS) is 11.9. The Kier molecular flexibility index (Phi) is 6.49. The van der Waals surface area contributed by atoms with Gasteiger partial charge in [-0.25, -0.2) is 0 Å². The van der Waals surface area contributed by atoms with Gasteiger partial charge in [0.2, 0.25) is 11.2 Å². The van der Waals surface area contributed by atoms with E-state index in [0.717, 1.165) is 27.9 Å². The molecule has 4 rings (SSSR count). The van der Waals surface area contributed by atoms with Crippen LogP contribution in [-0.2, 0) is 4.79 Å². The Balaban J connectivity index is 1.74. The summed E-state index contributed by atoms with van der Waals surface area (Å²) in [7, 11) is 0. The Bertz CT molecular complexity index is 1430. The summed E-state index contributed by atoms with van der Waals surface area (Å²) < 4.78 is 12.1. The van der Waals surface area contributed by atoms with Gasteiger partial charge in [-0.05, 0) is 63.9 Å². The standard InChI is InChI=1S/C28H26ClNO4/c1-15-6-8-20(9-7-15)26-27(25(31)22-14-21(29)10-11-23(22)34-26)33-19(5)28(32)30-24-17(3)12-16(2)13-18(24)4/h6-14,19H,1-5H3,(H,30,32). The molecule has 0 saturated heterocycles. The fourth-order valence-electron chi connectivity index (χ4n) is 3.98. The van der Waals surface area contributed by atoms with Gasteiger partial charge in [-0.3, -0.25) is 9.59 Å². The molecule has 0 radical (unpaired) electrons. The van der Waals surface area contributed by atoms with Crippen molar-refractivity contribution in [3.8, 4) is 17.1 Å². The van der Waals surface area contributed by atoms with Gasteiger partial charge in [0.25, 0.3) is 5.91 Å². The number of fused-ring (bicyclic) bond motifs is 1. The van der Waals surface area contributed by atoms with Crippen LogP contribution in [0.4, 0.5) is 5.69 Å². The van der Waals surface area contributed by atoms with Crippen molar-refractivity contribution in [1.29, 1.82) is 0 Å². The van der Waals surface area contributed by atoms with Crippen molar-refractivity contribution in [2.45, 2.75) is 40.7 Å². The van der Waals surface area contributed by atoms with E-state index in [2.05, 4.69) is 5.32 Å². The zero-order chi connectivity index (χ0) is 24.6. The molecule has 0 saturated carbocycles. The molecule has 1 atom stereocenters. The van der Waals surface area contributed by atoms with E-state index in [9.17, 15) is 9.59 Å². The van der Waals surface area contributed by atoms with Gasteiger partial charge < -0.3 is 14.5 Å². The summed E-state index contributed by atoms with van der Waals surface area (Å²) in [6, 6.07) is 16.4. The molecule has 6 heteroatoms. The maximum atomic E-state index is 13.4. The molecule has 5 nitrogen and oxygen atoms in total. The fraction of sp³-hybridized carbons (Fsp3) is 0.214. The first kappa shape index (κ1) is 23.6. The lowest BCUT2D eigenvalue weighted by Crippen LogP contribution is -2.32. The van der Waals surface area contributed by atoms with Crippen LogP contribution in [0.1, 0.15) is 29.2 Å². The first-order chi connectivity index (χ1) is 16.1. The molecule has 1 unspecified atom stereocenters. The van der Waals surface area contributed by atoms with Crippen LogP contribution in [0.2, 0.25) is 5.02 Å². The van der Waals surface area contributed by atoms with Crippen molar-refractivity contribution < 1.29 is 13.9 Å². The number of ether oxygens (including phenoxy) is 1. The van der Waals surface area contributed by atoms with Gasteiger partial charge in [-0.15, -0.1) is 0 Å². The summed E-state index contributed by atoms with van der Waals surface area (Å²) in [6.45, 7) is 9.47. The van der Waals surface area contributed by atoms with Gasteiger partial charge in [-0.1, -0.05) is 59.1 Å². The number of carbonyl (C=O) groups is 1. The smallest absolute Gasteiger partial charge is 0.265 e. The third-order valence-electron chi connectivity index (χ3n) is 5.71. The Morgan fingerprint density at radius 1 is 0.941 bits per heavy atom. The van der Waals surface area contributed by atoms with Crippen LogP contribution < -0.4 is 15.5 Å². The Morgan fingerprint density at radius 3 is 2.24 bits per heavy atom. The molecule has 1 aromatic heterocycles. The van der Waals surface area contributed by atoms with Crippen LogP contribution in [0, 0.1) is 27.7 Å². The molecule has 0 aliphatic rings. The summed E-state index contributed by atoms with van der Waals surface area (Å²) in [5.74, 6) is -0.128. The molecule has 1 N–H and O–H groups in total. The number of hydrogen-bond donors (Lipinski definition) is 1. The highest BCUT2D eigenvalue weighted by molar-refractivity contribution is 6.31. The number of benzene rings is 3. The third kappa shape index (κ3) is 4.70. The van der Waals surface area contributed by atoms with Gasteiger partial charge >= 0.3 is 0 Å². The van der Waals surface area contributed by atoms with Crippen molar-refractivity contribution in [2.75, 3.05) is 5.32 Å². The highest BCUT2D eigenvalue weighted by Gasteiger charge is 2.24. The van der Waals surface area contributed by atoms with Crippen molar-refractivity contribution in [3.63, 3.8) is 0 Å². The predicted octanol–water partition coefficient (Wildman–Crippen LogP) is 6.75. The van der Waals surface area contributed by atoms with E-state index in [0.29, 0.717) is 16.2 Å². The SMILES string of the molecule is Cc1ccc(-c2oc3ccc(Cl)cc3c(=O)c2OC(C)C(=O)Nc2c(C)cc(C)cc2C)cc1. The largest absolute Gasteiger partial charge is 0.473 e. The molecule has 1 heterocycles. The van der Waals surface area contributed by atoms with E-state index in [1.807, 2.05) is 64.1 Å². The monoisotopic (exact) mass is 475 g/mol. The van der Waals surface area contributed by atoms with Gasteiger partial charge in [-0.2, -0.15) is 0 Å². The van der Waals surface area contributed by atoms with Gasteiger partial charge in [0, 0.05) is 16.3 Å². The molecular weight excluding hydrogens is 450 g/mol. The molecule has 4 aromatic rings. The predicted molar refractivity (Wildman–Crippen MR) is 137 cm³/mol. The minimum Gasteiger partial charge on any atom is -0.473 e. The number of nitrogens with one attached hydrogen (secondary N) is 1. The van der Waals surface area contributed by atoms with E-state index >= 15 is 0 Å². The molecule has 0 spiro atoms. The van der Waals surface area contributed by atoms with Crippen molar-refractivity contribution >= 4 is 34.2 Å². The van der Waals surface area contributed by atoms with E-state index in [1.54, 1.807) is 19.1 Å². The lowest BCUT2D eigenvalue weighted by Gasteiger charge is -2.19. The number of anilines is 1. The zero-order valence-electron chi connectivity index (χ0n) is 19.8. The van der Waals surface area contributed by atoms with Crippen LogP contribution in [0.3, 0.4) is 0 Å². The quantitative estimate of drug-likeness (QED) is 0.346. The molecule has 0 bridgehead atoms. The van der Waals surface area contributed by atoms with Crippen LogP contribution in [0.25, 0.3) is 22.3 Å². The van der Waals surface area contributed by atoms with Crippen molar-refractivity contribution in [2.24, 2.45) is 0 Å². The molecule has 0 fully saturated rings.